The normalized spacial score (nSPS) is 10.4. The first kappa shape index (κ1) is 13.2. The molecule has 0 radical (unpaired) electrons. The number of Topliss-reactive ketones (excluding diaryl/α,β-unsaturated/α-hetero) is 1. The van der Waals surface area contributed by atoms with E-state index in [9.17, 15) is 14.7 Å². The van der Waals surface area contributed by atoms with Crippen molar-refractivity contribution in [2.45, 2.75) is 20.8 Å². The zero-order chi connectivity index (χ0) is 13.0. The molecule has 17 heavy (non-hydrogen) atoms. The maximum absolute atomic E-state index is 11.7. The van der Waals surface area contributed by atoms with Gasteiger partial charge in [0, 0.05) is 5.92 Å². The molecule has 0 saturated heterocycles. The summed E-state index contributed by atoms with van der Waals surface area (Å²) in [6.45, 7) is 5.37. The maximum atomic E-state index is 11.7. The molecule has 0 aliphatic heterocycles. The minimum Gasteiger partial charge on any atom is -0.507 e. The average Bonchev–Trinajstić information content (AvgIpc) is 2.28. The van der Waals surface area contributed by atoms with Gasteiger partial charge in [0.15, 0.2) is 5.78 Å². The fraction of sp³-hybridized carbons (Fsp3) is 0.385. The molecule has 0 aromatic heterocycles. The van der Waals surface area contributed by atoms with Gasteiger partial charge in [-0.05, 0) is 19.1 Å². The van der Waals surface area contributed by atoms with Crippen LogP contribution in [0.1, 0.15) is 29.8 Å². The third-order valence-corrected chi connectivity index (χ3v) is 2.46. The third-order valence-electron chi connectivity index (χ3n) is 2.46. The smallest absolute Gasteiger partial charge is 0.255 e. The Labute approximate surface area is 101 Å². The van der Waals surface area contributed by atoms with Gasteiger partial charge in [-0.3, -0.25) is 9.59 Å². The summed E-state index contributed by atoms with van der Waals surface area (Å²) in [5.74, 6) is -0.655. The van der Waals surface area contributed by atoms with Crippen LogP contribution in [0, 0.1) is 12.8 Å². The van der Waals surface area contributed by atoms with E-state index in [1.165, 1.54) is 6.07 Å². The zero-order valence-electron chi connectivity index (χ0n) is 10.3. The molecule has 1 amide bonds. The molecule has 0 bridgehead atoms. The lowest BCUT2D eigenvalue weighted by Gasteiger charge is -2.08. The Bertz CT molecular complexity index is 438. The SMILES string of the molecule is Cc1ccc(O)c(C(=O)NCC(=O)C(C)C)c1. The van der Waals surface area contributed by atoms with Crippen molar-refractivity contribution in [3.63, 3.8) is 0 Å². The van der Waals surface area contributed by atoms with Crippen molar-refractivity contribution >= 4 is 11.7 Å². The average molecular weight is 235 g/mol. The fourth-order valence-corrected chi connectivity index (χ4v) is 1.30. The summed E-state index contributed by atoms with van der Waals surface area (Å²) in [4.78, 5) is 23.1. The minimum absolute atomic E-state index is 0.0100. The number of rotatable bonds is 4. The molecule has 0 aliphatic rings. The Hall–Kier alpha value is -1.84. The van der Waals surface area contributed by atoms with Crippen LogP contribution in [0.4, 0.5) is 0 Å². The Morgan fingerprint density at radius 3 is 2.59 bits per heavy atom. The van der Waals surface area contributed by atoms with Gasteiger partial charge >= 0.3 is 0 Å². The van der Waals surface area contributed by atoms with E-state index in [-0.39, 0.29) is 29.6 Å². The van der Waals surface area contributed by atoms with Crippen LogP contribution in [0.15, 0.2) is 18.2 Å². The van der Waals surface area contributed by atoms with Crippen LogP contribution in [0.25, 0.3) is 0 Å². The quantitative estimate of drug-likeness (QED) is 0.834. The highest BCUT2D eigenvalue weighted by atomic mass is 16.3. The van der Waals surface area contributed by atoms with Crippen LogP contribution in [0.5, 0.6) is 5.75 Å². The minimum atomic E-state index is -0.430. The van der Waals surface area contributed by atoms with Crippen molar-refractivity contribution in [3.8, 4) is 5.75 Å². The summed E-state index contributed by atoms with van der Waals surface area (Å²) in [6.07, 6.45) is 0. The summed E-state index contributed by atoms with van der Waals surface area (Å²) in [7, 11) is 0. The Balaban J connectivity index is 2.70. The van der Waals surface area contributed by atoms with Gasteiger partial charge in [-0.15, -0.1) is 0 Å². The number of hydrogen-bond acceptors (Lipinski definition) is 3. The summed E-state index contributed by atoms with van der Waals surface area (Å²) >= 11 is 0. The molecule has 0 heterocycles. The second kappa shape index (κ2) is 5.48. The standard InChI is InChI=1S/C13H17NO3/c1-8(2)12(16)7-14-13(17)10-6-9(3)4-5-11(10)15/h4-6,8,15H,7H2,1-3H3,(H,14,17). The number of phenolic OH excluding ortho intramolecular Hbond substituents is 1. The fourth-order valence-electron chi connectivity index (χ4n) is 1.30. The summed E-state index contributed by atoms with van der Waals surface area (Å²) in [5.41, 5.74) is 1.07. The van der Waals surface area contributed by atoms with Crippen LogP contribution in [0.2, 0.25) is 0 Å². The van der Waals surface area contributed by atoms with Crippen molar-refractivity contribution in [2.75, 3.05) is 6.54 Å². The summed E-state index contributed by atoms with van der Waals surface area (Å²) < 4.78 is 0. The molecular weight excluding hydrogens is 218 g/mol. The van der Waals surface area contributed by atoms with Crippen LogP contribution in [-0.2, 0) is 4.79 Å². The lowest BCUT2D eigenvalue weighted by atomic mass is 10.1. The lowest BCUT2D eigenvalue weighted by molar-refractivity contribution is -0.120. The number of hydrogen-bond donors (Lipinski definition) is 2. The molecule has 92 valence electrons. The molecule has 0 atom stereocenters. The van der Waals surface area contributed by atoms with Crippen LogP contribution in [-0.4, -0.2) is 23.3 Å². The van der Waals surface area contributed by atoms with Gasteiger partial charge in [0.05, 0.1) is 12.1 Å². The number of aryl methyl sites for hydroxylation is 1. The van der Waals surface area contributed by atoms with E-state index in [2.05, 4.69) is 5.32 Å². The first-order valence-corrected chi connectivity index (χ1v) is 5.52. The van der Waals surface area contributed by atoms with Crippen LogP contribution in [0.3, 0.4) is 0 Å². The van der Waals surface area contributed by atoms with Gasteiger partial charge in [-0.2, -0.15) is 0 Å². The molecular formula is C13H17NO3. The van der Waals surface area contributed by atoms with Crippen LogP contribution >= 0.6 is 0 Å². The van der Waals surface area contributed by atoms with Crippen molar-refractivity contribution < 1.29 is 14.7 Å². The number of phenols is 1. The third kappa shape index (κ3) is 3.59. The molecule has 1 aromatic carbocycles. The molecule has 4 nitrogen and oxygen atoms in total. The number of carbonyl (C=O) groups is 2. The number of amides is 1. The molecule has 0 unspecified atom stereocenters. The van der Waals surface area contributed by atoms with Crippen molar-refractivity contribution in [2.24, 2.45) is 5.92 Å². The Morgan fingerprint density at radius 2 is 2.00 bits per heavy atom. The van der Waals surface area contributed by atoms with E-state index in [1.807, 2.05) is 6.92 Å². The molecule has 0 fully saturated rings. The molecule has 2 N–H and O–H groups in total. The summed E-state index contributed by atoms with van der Waals surface area (Å²) in [6, 6.07) is 4.77. The van der Waals surface area contributed by atoms with E-state index >= 15 is 0 Å². The number of carbonyl (C=O) groups excluding carboxylic acids is 2. The highest BCUT2D eigenvalue weighted by molar-refractivity contribution is 5.99. The second-order valence-electron chi connectivity index (χ2n) is 4.32. The zero-order valence-corrected chi connectivity index (χ0v) is 10.3. The highest BCUT2D eigenvalue weighted by Crippen LogP contribution is 2.17. The first-order valence-electron chi connectivity index (χ1n) is 5.52. The molecule has 4 heteroatoms. The van der Waals surface area contributed by atoms with E-state index < -0.39 is 5.91 Å². The van der Waals surface area contributed by atoms with Gasteiger partial charge in [-0.1, -0.05) is 25.5 Å². The molecule has 1 aromatic rings. The van der Waals surface area contributed by atoms with E-state index in [1.54, 1.807) is 26.0 Å². The van der Waals surface area contributed by atoms with Crippen molar-refractivity contribution in [3.05, 3.63) is 29.3 Å². The van der Waals surface area contributed by atoms with E-state index in [0.29, 0.717) is 0 Å². The number of nitrogens with one attached hydrogen (secondary N) is 1. The van der Waals surface area contributed by atoms with Crippen molar-refractivity contribution in [1.29, 1.82) is 0 Å². The highest BCUT2D eigenvalue weighted by Gasteiger charge is 2.13. The van der Waals surface area contributed by atoms with Gasteiger partial charge in [0.1, 0.15) is 5.75 Å². The van der Waals surface area contributed by atoms with E-state index in [4.69, 9.17) is 0 Å². The number of aromatic hydroxyl groups is 1. The predicted octanol–water partition coefficient (Wildman–Crippen LogP) is 1.66. The topological polar surface area (TPSA) is 66.4 Å². The van der Waals surface area contributed by atoms with Gasteiger partial charge in [0.2, 0.25) is 0 Å². The molecule has 0 saturated carbocycles. The molecule has 0 aliphatic carbocycles. The van der Waals surface area contributed by atoms with Crippen LogP contribution < -0.4 is 5.32 Å². The number of benzene rings is 1. The Kier molecular flexibility index (Phi) is 4.26. The number of ketones is 1. The van der Waals surface area contributed by atoms with E-state index in [0.717, 1.165) is 5.56 Å². The van der Waals surface area contributed by atoms with Gasteiger partial charge in [0.25, 0.3) is 5.91 Å². The van der Waals surface area contributed by atoms with Gasteiger partial charge < -0.3 is 10.4 Å². The van der Waals surface area contributed by atoms with Crippen molar-refractivity contribution in [1.82, 2.24) is 5.32 Å². The predicted molar refractivity (Wildman–Crippen MR) is 65.0 cm³/mol. The maximum Gasteiger partial charge on any atom is 0.255 e. The summed E-state index contributed by atoms with van der Waals surface area (Å²) in [5, 5.41) is 12.0. The van der Waals surface area contributed by atoms with Gasteiger partial charge in [-0.25, -0.2) is 0 Å². The lowest BCUT2D eigenvalue weighted by Crippen LogP contribution is -2.31. The second-order valence-corrected chi connectivity index (χ2v) is 4.32. The molecule has 0 spiro atoms. The monoisotopic (exact) mass is 235 g/mol. The molecule has 1 rings (SSSR count). The Morgan fingerprint density at radius 1 is 1.35 bits per heavy atom. The largest absolute Gasteiger partial charge is 0.507 e. The first-order chi connectivity index (χ1) is 7.91.